The van der Waals surface area contributed by atoms with Gasteiger partial charge in [-0.05, 0) is 37.8 Å². The number of aliphatic hydroxyl groups excluding tert-OH is 1. The molecular formula is C17H21NO3. The lowest BCUT2D eigenvalue weighted by Gasteiger charge is -2.28. The molecule has 1 unspecified atom stereocenters. The highest BCUT2D eigenvalue weighted by molar-refractivity contribution is 5.96. The maximum absolute atomic E-state index is 12.4. The summed E-state index contributed by atoms with van der Waals surface area (Å²) in [5, 5.41) is 11.8. The Hall–Kier alpha value is -1.83. The van der Waals surface area contributed by atoms with Gasteiger partial charge < -0.3 is 15.2 Å². The molecule has 1 heterocycles. The average molecular weight is 287 g/mol. The molecule has 1 atom stereocenters. The van der Waals surface area contributed by atoms with Crippen molar-refractivity contribution in [1.29, 1.82) is 0 Å². The van der Waals surface area contributed by atoms with E-state index < -0.39 is 0 Å². The van der Waals surface area contributed by atoms with Crippen LogP contribution in [0.5, 0.6) is 0 Å². The number of benzene rings is 1. The van der Waals surface area contributed by atoms with Crippen molar-refractivity contribution < 1.29 is 14.6 Å². The summed E-state index contributed by atoms with van der Waals surface area (Å²) < 4.78 is 5.35. The van der Waals surface area contributed by atoms with Crippen LogP contribution in [0.15, 0.2) is 24.3 Å². The Balaban J connectivity index is 2.05. The fourth-order valence-corrected chi connectivity index (χ4v) is 2.54. The standard InChI is InChI=1S/C17H21NO3/c1-13(14-8-11-21-12-9-14)18-17(20)16-7-3-2-5-15(16)6-4-10-19/h2-3,5,7,13-14,19H,8-12H2,1H3,(H,18,20). The number of amides is 1. The quantitative estimate of drug-likeness (QED) is 0.830. The number of aliphatic hydroxyl groups is 1. The van der Waals surface area contributed by atoms with Gasteiger partial charge in [-0.2, -0.15) is 0 Å². The molecule has 4 heteroatoms. The molecule has 0 saturated carbocycles. The lowest BCUT2D eigenvalue weighted by Crippen LogP contribution is -2.40. The van der Waals surface area contributed by atoms with Crippen LogP contribution in [0.2, 0.25) is 0 Å². The van der Waals surface area contributed by atoms with Gasteiger partial charge in [0.15, 0.2) is 0 Å². The lowest BCUT2D eigenvalue weighted by atomic mass is 9.92. The summed E-state index contributed by atoms with van der Waals surface area (Å²) in [5.41, 5.74) is 1.19. The maximum Gasteiger partial charge on any atom is 0.252 e. The van der Waals surface area contributed by atoms with E-state index >= 15 is 0 Å². The summed E-state index contributed by atoms with van der Waals surface area (Å²) in [6.45, 7) is 3.36. The first-order valence-electron chi connectivity index (χ1n) is 7.29. The van der Waals surface area contributed by atoms with Crippen molar-refractivity contribution in [3.8, 4) is 11.8 Å². The van der Waals surface area contributed by atoms with E-state index in [-0.39, 0.29) is 18.6 Å². The number of carbonyl (C=O) groups is 1. The first kappa shape index (κ1) is 15.6. The Bertz CT molecular complexity index is 538. The normalized spacial score (nSPS) is 16.7. The zero-order valence-corrected chi connectivity index (χ0v) is 12.3. The van der Waals surface area contributed by atoms with E-state index in [1.807, 2.05) is 19.1 Å². The van der Waals surface area contributed by atoms with E-state index in [0.29, 0.717) is 17.0 Å². The Kier molecular flexibility index (Phi) is 5.79. The zero-order chi connectivity index (χ0) is 15.1. The number of ether oxygens (including phenoxy) is 1. The van der Waals surface area contributed by atoms with Gasteiger partial charge in [0.2, 0.25) is 0 Å². The van der Waals surface area contributed by atoms with E-state index in [9.17, 15) is 4.79 Å². The zero-order valence-electron chi connectivity index (χ0n) is 12.3. The van der Waals surface area contributed by atoms with Crippen LogP contribution in [-0.2, 0) is 4.74 Å². The molecule has 21 heavy (non-hydrogen) atoms. The maximum atomic E-state index is 12.4. The van der Waals surface area contributed by atoms with Gasteiger partial charge in [-0.1, -0.05) is 24.0 Å². The van der Waals surface area contributed by atoms with Gasteiger partial charge in [0.05, 0.1) is 5.56 Å². The highest BCUT2D eigenvalue weighted by Gasteiger charge is 2.22. The van der Waals surface area contributed by atoms with Crippen molar-refractivity contribution >= 4 is 5.91 Å². The molecule has 0 aromatic heterocycles. The molecule has 1 aliphatic rings. The monoisotopic (exact) mass is 287 g/mol. The molecule has 0 spiro atoms. The van der Waals surface area contributed by atoms with Crippen molar-refractivity contribution in [1.82, 2.24) is 5.32 Å². The largest absolute Gasteiger partial charge is 0.384 e. The molecule has 1 aromatic carbocycles. The van der Waals surface area contributed by atoms with Crippen LogP contribution < -0.4 is 5.32 Å². The van der Waals surface area contributed by atoms with E-state index in [2.05, 4.69) is 17.2 Å². The van der Waals surface area contributed by atoms with Gasteiger partial charge >= 0.3 is 0 Å². The summed E-state index contributed by atoms with van der Waals surface area (Å²) >= 11 is 0. The van der Waals surface area contributed by atoms with Gasteiger partial charge in [-0.25, -0.2) is 0 Å². The predicted octanol–water partition coefficient (Wildman–Crippen LogP) is 1.58. The van der Waals surface area contributed by atoms with E-state index in [0.717, 1.165) is 26.1 Å². The number of nitrogens with one attached hydrogen (secondary N) is 1. The summed E-state index contributed by atoms with van der Waals surface area (Å²) in [6, 6.07) is 7.31. The lowest BCUT2D eigenvalue weighted by molar-refractivity contribution is 0.0538. The van der Waals surface area contributed by atoms with Gasteiger partial charge in [-0.15, -0.1) is 0 Å². The van der Waals surface area contributed by atoms with Crippen LogP contribution >= 0.6 is 0 Å². The van der Waals surface area contributed by atoms with Crippen molar-refractivity contribution in [3.63, 3.8) is 0 Å². The van der Waals surface area contributed by atoms with Gasteiger partial charge in [0, 0.05) is 24.8 Å². The number of hydrogen-bond donors (Lipinski definition) is 2. The van der Waals surface area contributed by atoms with Crippen molar-refractivity contribution in [3.05, 3.63) is 35.4 Å². The first-order chi connectivity index (χ1) is 10.2. The van der Waals surface area contributed by atoms with Crippen LogP contribution in [0.4, 0.5) is 0 Å². The molecule has 0 radical (unpaired) electrons. The smallest absolute Gasteiger partial charge is 0.252 e. The number of carbonyl (C=O) groups excluding carboxylic acids is 1. The first-order valence-corrected chi connectivity index (χ1v) is 7.29. The van der Waals surface area contributed by atoms with Gasteiger partial charge in [0.25, 0.3) is 5.91 Å². The van der Waals surface area contributed by atoms with Crippen LogP contribution in [0, 0.1) is 17.8 Å². The second kappa shape index (κ2) is 7.82. The Labute approximate surface area is 125 Å². The highest BCUT2D eigenvalue weighted by atomic mass is 16.5. The third-order valence-corrected chi connectivity index (χ3v) is 3.81. The van der Waals surface area contributed by atoms with Crippen molar-refractivity contribution in [2.45, 2.75) is 25.8 Å². The number of rotatable bonds is 3. The fraction of sp³-hybridized carbons (Fsp3) is 0.471. The minimum atomic E-state index is -0.214. The Morgan fingerprint density at radius 3 is 2.86 bits per heavy atom. The van der Waals surface area contributed by atoms with Crippen LogP contribution in [0.1, 0.15) is 35.7 Å². The third-order valence-electron chi connectivity index (χ3n) is 3.81. The number of hydrogen-bond acceptors (Lipinski definition) is 3. The molecule has 0 aliphatic carbocycles. The van der Waals surface area contributed by atoms with Crippen molar-refractivity contribution in [2.75, 3.05) is 19.8 Å². The Morgan fingerprint density at radius 2 is 2.14 bits per heavy atom. The topological polar surface area (TPSA) is 58.6 Å². The Morgan fingerprint density at radius 1 is 1.43 bits per heavy atom. The summed E-state index contributed by atoms with van der Waals surface area (Å²) in [6.07, 6.45) is 1.96. The second-order valence-corrected chi connectivity index (χ2v) is 5.22. The van der Waals surface area contributed by atoms with Crippen LogP contribution in [0.25, 0.3) is 0 Å². The van der Waals surface area contributed by atoms with Crippen LogP contribution in [0.3, 0.4) is 0 Å². The summed E-state index contributed by atoms with van der Waals surface area (Å²) in [5.74, 6) is 5.74. The van der Waals surface area contributed by atoms with E-state index in [1.165, 1.54) is 0 Å². The highest BCUT2D eigenvalue weighted by Crippen LogP contribution is 2.19. The molecule has 1 amide bonds. The molecule has 2 rings (SSSR count). The minimum absolute atomic E-state index is 0.111. The minimum Gasteiger partial charge on any atom is -0.384 e. The molecule has 0 bridgehead atoms. The molecule has 1 aromatic rings. The molecule has 1 saturated heterocycles. The summed E-state index contributed by atoms with van der Waals surface area (Å²) in [7, 11) is 0. The second-order valence-electron chi connectivity index (χ2n) is 5.22. The molecule has 4 nitrogen and oxygen atoms in total. The molecule has 2 N–H and O–H groups in total. The van der Waals surface area contributed by atoms with E-state index in [1.54, 1.807) is 12.1 Å². The molecule has 1 aliphatic heterocycles. The molecule has 1 fully saturated rings. The molecular weight excluding hydrogens is 266 g/mol. The fourth-order valence-electron chi connectivity index (χ4n) is 2.54. The van der Waals surface area contributed by atoms with Crippen molar-refractivity contribution in [2.24, 2.45) is 5.92 Å². The SMILES string of the molecule is CC(NC(=O)c1ccccc1C#CCO)C1CCOCC1. The molecule has 112 valence electrons. The van der Waals surface area contributed by atoms with Gasteiger partial charge in [0.1, 0.15) is 6.61 Å². The van der Waals surface area contributed by atoms with Gasteiger partial charge in [-0.3, -0.25) is 4.79 Å². The van der Waals surface area contributed by atoms with Crippen LogP contribution in [-0.4, -0.2) is 36.9 Å². The third kappa shape index (κ3) is 4.32. The average Bonchev–Trinajstić information content (AvgIpc) is 2.54. The summed E-state index contributed by atoms with van der Waals surface area (Å²) in [4.78, 5) is 12.4. The predicted molar refractivity (Wildman–Crippen MR) is 80.9 cm³/mol. The van der Waals surface area contributed by atoms with E-state index in [4.69, 9.17) is 9.84 Å².